The van der Waals surface area contributed by atoms with Gasteiger partial charge in [0, 0.05) is 42.9 Å². The molecular formula is C21H20F3N5O3. The Balaban J connectivity index is 0.000000360. The Hall–Kier alpha value is -3.76. The van der Waals surface area contributed by atoms with Crippen LogP contribution in [0.3, 0.4) is 0 Å². The molecular weight excluding hydrogens is 427 g/mol. The van der Waals surface area contributed by atoms with Gasteiger partial charge >= 0.3 is 12.1 Å². The summed E-state index contributed by atoms with van der Waals surface area (Å²) in [5, 5.41) is 7.12. The zero-order valence-corrected chi connectivity index (χ0v) is 17.3. The molecule has 3 aromatic rings. The zero-order valence-electron chi connectivity index (χ0n) is 17.3. The molecule has 11 heteroatoms. The molecule has 1 aliphatic heterocycles. The second-order valence-electron chi connectivity index (χ2n) is 7.14. The number of carboxylic acids is 1. The average Bonchev–Trinajstić information content (AvgIpc) is 3.05. The van der Waals surface area contributed by atoms with E-state index in [1.165, 1.54) is 0 Å². The van der Waals surface area contributed by atoms with Gasteiger partial charge in [0.2, 0.25) is 0 Å². The highest BCUT2D eigenvalue weighted by molar-refractivity contribution is 5.95. The number of hydrogen-bond donors (Lipinski definition) is 2. The predicted octanol–water partition coefficient (Wildman–Crippen LogP) is 3.63. The number of nitrogens with one attached hydrogen (secondary N) is 1. The van der Waals surface area contributed by atoms with Crippen LogP contribution in [0.1, 0.15) is 28.2 Å². The van der Waals surface area contributed by atoms with Gasteiger partial charge in [0.1, 0.15) is 5.69 Å². The van der Waals surface area contributed by atoms with E-state index in [2.05, 4.69) is 19.9 Å². The highest BCUT2D eigenvalue weighted by Gasteiger charge is 2.38. The van der Waals surface area contributed by atoms with Crippen LogP contribution in [-0.4, -0.2) is 61.1 Å². The number of pyridine rings is 2. The summed E-state index contributed by atoms with van der Waals surface area (Å²) in [5.41, 5.74) is 5.25. The summed E-state index contributed by atoms with van der Waals surface area (Å²) in [5.74, 6) is -1.96. The Labute approximate surface area is 181 Å². The van der Waals surface area contributed by atoms with E-state index < -0.39 is 12.1 Å². The van der Waals surface area contributed by atoms with Gasteiger partial charge in [-0.05, 0) is 44.0 Å². The lowest BCUT2D eigenvalue weighted by atomic mass is 10.0. The van der Waals surface area contributed by atoms with Gasteiger partial charge < -0.3 is 15.0 Å². The van der Waals surface area contributed by atoms with Crippen LogP contribution in [0.5, 0.6) is 0 Å². The maximum absolute atomic E-state index is 12.4. The molecule has 0 atom stereocenters. The number of H-pyrrole nitrogens is 1. The molecule has 1 saturated heterocycles. The SMILES string of the molecule is Cc1nc(-c2cc(-c3cncc(C(=O)N4CCC4)c3)ccn2)[nH]c1C.O=C(O)C(F)(F)F. The van der Waals surface area contributed by atoms with Crippen LogP contribution in [0.4, 0.5) is 13.2 Å². The van der Waals surface area contributed by atoms with Crippen LogP contribution >= 0.6 is 0 Å². The number of likely N-dealkylation sites (tertiary alicyclic amines) is 1. The van der Waals surface area contributed by atoms with Crippen LogP contribution in [0.2, 0.25) is 0 Å². The summed E-state index contributed by atoms with van der Waals surface area (Å²) in [6, 6.07) is 5.78. The van der Waals surface area contributed by atoms with Crippen molar-refractivity contribution in [3.63, 3.8) is 0 Å². The number of rotatable bonds is 3. The Bertz CT molecular complexity index is 1120. The summed E-state index contributed by atoms with van der Waals surface area (Å²) < 4.78 is 31.7. The number of aryl methyl sites for hydroxylation is 2. The van der Waals surface area contributed by atoms with Crippen molar-refractivity contribution in [3.05, 3.63) is 53.7 Å². The van der Waals surface area contributed by atoms with Crippen molar-refractivity contribution < 1.29 is 27.9 Å². The van der Waals surface area contributed by atoms with E-state index in [1.54, 1.807) is 18.6 Å². The minimum atomic E-state index is -5.08. The molecule has 0 radical (unpaired) electrons. The van der Waals surface area contributed by atoms with Gasteiger partial charge in [0.05, 0.1) is 11.3 Å². The molecule has 32 heavy (non-hydrogen) atoms. The van der Waals surface area contributed by atoms with E-state index in [1.807, 2.05) is 36.9 Å². The number of aliphatic carboxylic acids is 1. The molecule has 3 aromatic heterocycles. The second-order valence-corrected chi connectivity index (χ2v) is 7.14. The first kappa shape index (κ1) is 22.9. The highest BCUT2D eigenvalue weighted by Crippen LogP contribution is 2.25. The lowest BCUT2D eigenvalue weighted by Crippen LogP contribution is -2.42. The number of halogens is 3. The van der Waals surface area contributed by atoms with E-state index >= 15 is 0 Å². The molecule has 168 valence electrons. The van der Waals surface area contributed by atoms with E-state index in [4.69, 9.17) is 9.90 Å². The summed E-state index contributed by atoms with van der Waals surface area (Å²) in [6.07, 6.45) is 1.15. The first-order valence-corrected chi connectivity index (χ1v) is 9.60. The number of carbonyl (C=O) groups is 2. The number of alkyl halides is 3. The van der Waals surface area contributed by atoms with Crippen molar-refractivity contribution in [2.24, 2.45) is 0 Å². The molecule has 0 saturated carbocycles. The monoisotopic (exact) mass is 447 g/mol. The largest absolute Gasteiger partial charge is 0.490 e. The van der Waals surface area contributed by atoms with Gasteiger partial charge in [-0.2, -0.15) is 13.2 Å². The van der Waals surface area contributed by atoms with Gasteiger partial charge in [-0.3, -0.25) is 14.8 Å². The lowest BCUT2D eigenvalue weighted by molar-refractivity contribution is -0.192. The summed E-state index contributed by atoms with van der Waals surface area (Å²) in [7, 11) is 0. The minimum absolute atomic E-state index is 0.0483. The Morgan fingerprint density at radius 2 is 1.81 bits per heavy atom. The first-order chi connectivity index (χ1) is 15.1. The molecule has 8 nitrogen and oxygen atoms in total. The van der Waals surface area contributed by atoms with Gasteiger partial charge in [-0.25, -0.2) is 9.78 Å². The fourth-order valence-corrected chi connectivity index (χ4v) is 2.83. The Morgan fingerprint density at radius 3 is 2.34 bits per heavy atom. The van der Waals surface area contributed by atoms with E-state index in [0.717, 1.165) is 53.5 Å². The topological polar surface area (TPSA) is 112 Å². The molecule has 0 spiro atoms. The van der Waals surface area contributed by atoms with Crippen molar-refractivity contribution in [1.29, 1.82) is 0 Å². The molecule has 0 bridgehead atoms. The Kier molecular flexibility index (Phi) is 6.56. The van der Waals surface area contributed by atoms with E-state index in [9.17, 15) is 18.0 Å². The maximum Gasteiger partial charge on any atom is 0.490 e. The number of hydrogen-bond acceptors (Lipinski definition) is 5. The standard InChI is InChI=1S/C19H19N5O.C2HF3O2/c1-12-13(2)23-18(22-12)17-9-14(4-5-21-17)15-8-16(11-20-10-15)19(25)24-6-3-7-24;3-2(4,5)1(6)7/h4-5,8-11H,3,6-7H2,1-2H3,(H,22,23);(H,6,7). The van der Waals surface area contributed by atoms with Crippen molar-refractivity contribution in [2.75, 3.05) is 13.1 Å². The van der Waals surface area contributed by atoms with Gasteiger partial charge in [0.25, 0.3) is 5.91 Å². The number of nitrogens with zero attached hydrogens (tertiary/aromatic N) is 4. The quantitative estimate of drug-likeness (QED) is 0.634. The molecule has 0 aliphatic carbocycles. The lowest BCUT2D eigenvalue weighted by Gasteiger charge is -2.30. The molecule has 0 aromatic carbocycles. The van der Waals surface area contributed by atoms with Crippen LogP contribution in [0.25, 0.3) is 22.6 Å². The van der Waals surface area contributed by atoms with Crippen molar-refractivity contribution >= 4 is 11.9 Å². The maximum atomic E-state index is 12.4. The third kappa shape index (κ3) is 5.29. The second kappa shape index (κ2) is 9.16. The molecule has 1 fully saturated rings. The number of amides is 1. The first-order valence-electron chi connectivity index (χ1n) is 9.60. The van der Waals surface area contributed by atoms with Crippen LogP contribution in [0, 0.1) is 13.8 Å². The number of aromatic amines is 1. The number of carboxylic acid groups (broad SMARTS) is 1. The molecule has 1 aliphatic rings. The zero-order chi connectivity index (χ0) is 23.5. The summed E-state index contributed by atoms with van der Waals surface area (Å²) in [6.45, 7) is 5.62. The van der Waals surface area contributed by atoms with E-state index in [-0.39, 0.29) is 5.91 Å². The Morgan fingerprint density at radius 1 is 1.12 bits per heavy atom. The predicted molar refractivity (Wildman–Crippen MR) is 109 cm³/mol. The molecule has 0 unspecified atom stereocenters. The highest BCUT2D eigenvalue weighted by atomic mass is 19.4. The number of carbonyl (C=O) groups excluding carboxylic acids is 1. The molecule has 4 heterocycles. The van der Waals surface area contributed by atoms with Crippen LogP contribution in [0.15, 0.2) is 36.8 Å². The summed E-state index contributed by atoms with van der Waals surface area (Å²) in [4.78, 5) is 39.6. The van der Waals surface area contributed by atoms with Crippen molar-refractivity contribution in [2.45, 2.75) is 26.4 Å². The van der Waals surface area contributed by atoms with Gasteiger partial charge in [-0.15, -0.1) is 0 Å². The average molecular weight is 447 g/mol. The summed E-state index contributed by atoms with van der Waals surface area (Å²) >= 11 is 0. The molecule has 2 N–H and O–H groups in total. The van der Waals surface area contributed by atoms with Crippen LogP contribution < -0.4 is 0 Å². The third-order valence-electron chi connectivity index (χ3n) is 4.83. The fraction of sp³-hybridized carbons (Fsp3) is 0.286. The van der Waals surface area contributed by atoms with E-state index in [0.29, 0.717) is 5.56 Å². The third-order valence-corrected chi connectivity index (χ3v) is 4.83. The normalized spacial score (nSPS) is 13.1. The number of imidazole rings is 1. The van der Waals surface area contributed by atoms with Gasteiger partial charge in [-0.1, -0.05) is 0 Å². The smallest absolute Gasteiger partial charge is 0.475 e. The molecule has 1 amide bonds. The van der Waals surface area contributed by atoms with Crippen molar-refractivity contribution in [3.8, 4) is 22.6 Å². The van der Waals surface area contributed by atoms with Crippen molar-refractivity contribution in [1.82, 2.24) is 24.8 Å². The van der Waals surface area contributed by atoms with Crippen LogP contribution in [-0.2, 0) is 4.79 Å². The minimum Gasteiger partial charge on any atom is -0.475 e. The fourth-order valence-electron chi connectivity index (χ4n) is 2.83. The number of aromatic nitrogens is 4. The van der Waals surface area contributed by atoms with Gasteiger partial charge in [0.15, 0.2) is 5.82 Å². The molecule has 4 rings (SSSR count).